The molecule has 2 rings (SSSR count). The Bertz CT molecular complexity index is 475. The smallest absolute Gasteiger partial charge is 0.153 e. The summed E-state index contributed by atoms with van der Waals surface area (Å²) in [6.07, 6.45) is 4.38. The number of aromatic nitrogens is 2. The van der Waals surface area contributed by atoms with E-state index in [0.717, 1.165) is 24.4 Å². The van der Waals surface area contributed by atoms with Gasteiger partial charge in [0.2, 0.25) is 0 Å². The second kappa shape index (κ2) is 6.97. The molecule has 0 bridgehead atoms. The Morgan fingerprint density at radius 1 is 1.11 bits per heavy atom. The van der Waals surface area contributed by atoms with Crippen LogP contribution in [0, 0.1) is 0 Å². The zero-order valence-corrected chi connectivity index (χ0v) is 11.4. The average molecular weight is 257 g/mol. The lowest BCUT2D eigenvalue weighted by atomic mass is 10.2. The minimum atomic E-state index is -0.120. The van der Waals surface area contributed by atoms with E-state index in [9.17, 15) is 0 Å². The van der Waals surface area contributed by atoms with Crippen LogP contribution in [0.3, 0.4) is 0 Å². The predicted octanol–water partition coefficient (Wildman–Crippen LogP) is 2.30. The zero-order valence-electron chi connectivity index (χ0n) is 11.4. The molecule has 0 fully saturated rings. The van der Waals surface area contributed by atoms with Gasteiger partial charge in [-0.15, -0.1) is 0 Å². The van der Waals surface area contributed by atoms with Crippen molar-refractivity contribution < 1.29 is 4.74 Å². The summed E-state index contributed by atoms with van der Waals surface area (Å²) in [5.41, 5.74) is 2.01. The summed E-state index contributed by atoms with van der Waals surface area (Å²) in [7, 11) is 3.74. The lowest BCUT2D eigenvalue weighted by Crippen LogP contribution is -2.28. The molecule has 1 atom stereocenters. The summed E-state index contributed by atoms with van der Waals surface area (Å²) in [5, 5.41) is 0. The van der Waals surface area contributed by atoms with Gasteiger partial charge in [-0.25, -0.2) is 0 Å². The van der Waals surface area contributed by atoms with Crippen molar-refractivity contribution >= 4 is 0 Å². The average Bonchev–Trinajstić information content (AvgIpc) is 2.48. The van der Waals surface area contributed by atoms with Gasteiger partial charge in [-0.3, -0.25) is 14.9 Å². The van der Waals surface area contributed by atoms with Crippen molar-refractivity contribution in [3.05, 3.63) is 60.2 Å². The van der Waals surface area contributed by atoms with Crippen LogP contribution < -0.4 is 0 Å². The molecule has 0 aliphatic rings. The number of rotatable bonds is 6. The topological polar surface area (TPSA) is 38.2 Å². The van der Waals surface area contributed by atoms with E-state index in [4.69, 9.17) is 4.74 Å². The van der Waals surface area contributed by atoms with Crippen LogP contribution in [0.1, 0.15) is 17.6 Å². The molecule has 2 heterocycles. The Morgan fingerprint density at radius 3 is 2.42 bits per heavy atom. The maximum absolute atomic E-state index is 5.53. The van der Waals surface area contributed by atoms with Crippen molar-refractivity contribution in [2.75, 3.05) is 20.7 Å². The van der Waals surface area contributed by atoms with Crippen LogP contribution in [0.4, 0.5) is 0 Å². The number of nitrogens with zero attached hydrogens (tertiary/aromatic N) is 3. The fourth-order valence-corrected chi connectivity index (χ4v) is 2.00. The van der Waals surface area contributed by atoms with Crippen molar-refractivity contribution in [3.8, 4) is 0 Å². The third-order valence-electron chi connectivity index (χ3n) is 3.01. The van der Waals surface area contributed by atoms with Crippen LogP contribution in [0.5, 0.6) is 0 Å². The molecule has 4 nitrogen and oxygen atoms in total. The highest BCUT2D eigenvalue weighted by atomic mass is 16.5. The molecule has 0 spiro atoms. The highest BCUT2D eigenvalue weighted by Crippen LogP contribution is 2.17. The van der Waals surface area contributed by atoms with E-state index in [0.29, 0.717) is 0 Å². The van der Waals surface area contributed by atoms with Gasteiger partial charge < -0.3 is 4.74 Å². The third-order valence-corrected chi connectivity index (χ3v) is 3.01. The quantitative estimate of drug-likeness (QED) is 0.744. The van der Waals surface area contributed by atoms with Crippen LogP contribution in [0.25, 0.3) is 0 Å². The largest absolute Gasteiger partial charge is 0.360 e. The number of ether oxygens (including phenoxy) is 1. The van der Waals surface area contributed by atoms with Crippen LogP contribution in [0.15, 0.2) is 48.8 Å². The van der Waals surface area contributed by atoms with Crippen LogP contribution >= 0.6 is 0 Å². The van der Waals surface area contributed by atoms with E-state index >= 15 is 0 Å². The van der Waals surface area contributed by atoms with Crippen molar-refractivity contribution in [1.82, 2.24) is 14.9 Å². The molecule has 100 valence electrons. The molecule has 0 unspecified atom stereocenters. The predicted molar refractivity (Wildman–Crippen MR) is 74.6 cm³/mol. The molecular formula is C15H19N3O. The van der Waals surface area contributed by atoms with Crippen LogP contribution in [-0.2, 0) is 11.2 Å². The van der Waals surface area contributed by atoms with Crippen molar-refractivity contribution in [3.63, 3.8) is 0 Å². The Balaban J connectivity index is 1.96. The van der Waals surface area contributed by atoms with Gasteiger partial charge in [-0.2, -0.15) is 0 Å². The molecule has 4 heteroatoms. The Kier molecular flexibility index (Phi) is 5.01. The second-order valence-electron chi connectivity index (χ2n) is 4.39. The zero-order chi connectivity index (χ0) is 13.5. The Hall–Kier alpha value is -1.78. The molecule has 0 radical (unpaired) electrons. The fraction of sp³-hybridized carbons (Fsp3) is 0.333. The minimum absolute atomic E-state index is 0.120. The summed E-state index contributed by atoms with van der Waals surface area (Å²) >= 11 is 0. The minimum Gasteiger partial charge on any atom is -0.360 e. The molecule has 19 heavy (non-hydrogen) atoms. The third kappa shape index (κ3) is 3.84. The van der Waals surface area contributed by atoms with Gasteiger partial charge in [-0.1, -0.05) is 12.1 Å². The number of pyridine rings is 2. The van der Waals surface area contributed by atoms with Gasteiger partial charge in [0, 0.05) is 38.2 Å². The first-order valence-electron chi connectivity index (χ1n) is 6.35. The second-order valence-corrected chi connectivity index (χ2v) is 4.39. The first-order valence-corrected chi connectivity index (χ1v) is 6.35. The van der Waals surface area contributed by atoms with Gasteiger partial charge in [0.25, 0.3) is 0 Å². The molecule has 2 aromatic heterocycles. The maximum atomic E-state index is 5.53. The standard InChI is InChI=1S/C15H19N3O/c1-18(12-9-13-7-3-5-10-16-13)15(19-2)14-8-4-6-11-17-14/h3-8,10-11,15H,9,12H2,1-2H3/t15-/m1/s1. The fourth-order valence-electron chi connectivity index (χ4n) is 2.00. The molecule has 0 aromatic carbocycles. The van der Waals surface area contributed by atoms with Gasteiger partial charge in [0.05, 0.1) is 5.69 Å². The normalized spacial score (nSPS) is 12.6. The van der Waals surface area contributed by atoms with Crippen LogP contribution in [-0.4, -0.2) is 35.6 Å². The number of likely N-dealkylation sites (N-methyl/N-ethyl adjacent to an activating group) is 1. The van der Waals surface area contributed by atoms with E-state index < -0.39 is 0 Å². The number of hydrogen-bond donors (Lipinski definition) is 0. The van der Waals surface area contributed by atoms with E-state index in [-0.39, 0.29) is 6.23 Å². The lowest BCUT2D eigenvalue weighted by Gasteiger charge is -2.26. The highest BCUT2D eigenvalue weighted by molar-refractivity contribution is 5.07. The van der Waals surface area contributed by atoms with Gasteiger partial charge >= 0.3 is 0 Å². The monoisotopic (exact) mass is 257 g/mol. The summed E-state index contributed by atoms with van der Waals surface area (Å²) in [4.78, 5) is 10.8. The molecule has 0 aliphatic heterocycles. The van der Waals surface area contributed by atoms with E-state index in [2.05, 4.69) is 14.9 Å². The van der Waals surface area contributed by atoms with E-state index in [1.54, 1.807) is 13.3 Å². The molecule has 0 N–H and O–H groups in total. The van der Waals surface area contributed by atoms with Crippen LogP contribution in [0.2, 0.25) is 0 Å². The summed E-state index contributed by atoms with van der Waals surface area (Å²) in [5.74, 6) is 0. The highest BCUT2D eigenvalue weighted by Gasteiger charge is 2.16. The summed E-state index contributed by atoms with van der Waals surface area (Å²) in [6, 6.07) is 11.8. The first-order chi connectivity index (χ1) is 9.31. The Labute approximate surface area is 114 Å². The molecule has 0 amide bonds. The lowest BCUT2D eigenvalue weighted by molar-refractivity contribution is -0.0224. The first kappa shape index (κ1) is 13.6. The number of hydrogen-bond acceptors (Lipinski definition) is 4. The number of methoxy groups -OCH3 is 1. The molecule has 0 saturated carbocycles. The van der Waals surface area contributed by atoms with Crippen molar-refractivity contribution in [2.45, 2.75) is 12.6 Å². The summed E-state index contributed by atoms with van der Waals surface area (Å²) < 4.78 is 5.53. The van der Waals surface area contributed by atoms with Crippen molar-refractivity contribution in [2.24, 2.45) is 0 Å². The SMILES string of the molecule is CO[C@H](c1ccccn1)N(C)CCc1ccccn1. The molecule has 0 aliphatic carbocycles. The van der Waals surface area contributed by atoms with Gasteiger partial charge in [0.15, 0.2) is 6.23 Å². The van der Waals surface area contributed by atoms with E-state index in [1.165, 1.54) is 0 Å². The molecule has 2 aromatic rings. The summed E-state index contributed by atoms with van der Waals surface area (Å²) in [6.45, 7) is 0.867. The molecular weight excluding hydrogens is 238 g/mol. The maximum Gasteiger partial charge on any atom is 0.153 e. The van der Waals surface area contributed by atoms with E-state index in [1.807, 2.05) is 49.6 Å². The van der Waals surface area contributed by atoms with Gasteiger partial charge in [0.1, 0.15) is 0 Å². The van der Waals surface area contributed by atoms with Crippen molar-refractivity contribution in [1.29, 1.82) is 0 Å². The van der Waals surface area contributed by atoms with Gasteiger partial charge in [-0.05, 0) is 31.3 Å². The Morgan fingerprint density at radius 2 is 1.84 bits per heavy atom. The molecule has 0 saturated heterocycles.